The van der Waals surface area contributed by atoms with Crippen molar-refractivity contribution in [3.05, 3.63) is 28.2 Å². The molecule has 1 saturated heterocycles. The number of piperidine rings is 1. The summed E-state index contributed by atoms with van der Waals surface area (Å²) >= 11 is 6.86. The van der Waals surface area contributed by atoms with E-state index in [1.807, 2.05) is 6.92 Å². The maximum absolute atomic E-state index is 13.0. The molecule has 160 valence electrons. The van der Waals surface area contributed by atoms with Crippen LogP contribution >= 0.6 is 22.9 Å². The molecular weight excluding hydrogens is 452 g/mol. The van der Waals surface area contributed by atoms with Crippen molar-refractivity contribution in [3.63, 3.8) is 0 Å². The predicted molar refractivity (Wildman–Crippen MR) is 111 cm³/mol. The summed E-state index contributed by atoms with van der Waals surface area (Å²) < 4.78 is 34.9. The topological polar surface area (TPSA) is 123 Å². The summed E-state index contributed by atoms with van der Waals surface area (Å²) in [5.74, 6) is -0.358. The number of sulfonamides is 1. The Labute approximate surface area is 181 Å². The largest absolute Gasteiger partial charge is 0.401 e. The first kappa shape index (κ1) is 21.0. The molecule has 1 N–H and O–H groups in total. The zero-order valence-electron chi connectivity index (χ0n) is 16.2. The summed E-state index contributed by atoms with van der Waals surface area (Å²) in [5.41, 5.74) is 1.39. The quantitative estimate of drug-likeness (QED) is 0.607. The highest BCUT2D eigenvalue weighted by Crippen LogP contribution is 2.32. The van der Waals surface area contributed by atoms with Gasteiger partial charge in [-0.25, -0.2) is 8.42 Å². The van der Waals surface area contributed by atoms with Crippen LogP contribution in [0.1, 0.15) is 25.0 Å². The Hall–Kier alpha value is -2.28. The summed E-state index contributed by atoms with van der Waals surface area (Å²) in [6.07, 6.45) is 1.80. The second-order valence-corrected chi connectivity index (χ2v) is 10.7. The molecule has 1 aliphatic rings. The van der Waals surface area contributed by atoms with Crippen LogP contribution in [0, 0.1) is 6.92 Å². The van der Waals surface area contributed by atoms with Gasteiger partial charge >= 0.3 is 6.01 Å². The molecule has 3 aromatic rings. The van der Waals surface area contributed by atoms with Crippen LogP contribution in [0.5, 0.6) is 0 Å². The summed E-state index contributed by atoms with van der Waals surface area (Å²) in [6, 6.07) is 3.76. The number of hydrogen-bond donors (Lipinski definition) is 1. The van der Waals surface area contributed by atoms with E-state index in [0.29, 0.717) is 22.9 Å². The Bertz CT molecular complexity index is 1170. The van der Waals surface area contributed by atoms with Crippen LogP contribution in [0.2, 0.25) is 4.34 Å². The molecule has 0 spiro atoms. The maximum atomic E-state index is 13.0. The molecule has 10 nitrogen and oxygen atoms in total. The molecular formula is C17H19ClN6O4S2. The first-order chi connectivity index (χ1) is 14.3. The lowest BCUT2D eigenvalue weighted by Crippen LogP contribution is -2.49. The Morgan fingerprint density at radius 2 is 2.13 bits per heavy atom. The van der Waals surface area contributed by atoms with Crippen LogP contribution < -0.4 is 5.32 Å². The zero-order chi connectivity index (χ0) is 21.5. The van der Waals surface area contributed by atoms with Crippen molar-refractivity contribution in [2.75, 3.05) is 11.9 Å². The standard InChI is InChI=1S/C17H19ClN6O4S2/c1-10-9-11(22-23(10)2)16-20-21-17(28-16)19-15(25)12-5-3-4-8-24(12)30(26,27)14-7-6-13(18)29-14/h6-7,9,12H,3-5,8H2,1-2H3,(H,19,21,25). The summed E-state index contributed by atoms with van der Waals surface area (Å²) in [5, 5.41) is 14.5. The third-order valence-corrected chi connectivity index (χ3v) is 8.46. The van der Waals surface area contributed by atoms with Crippen LogP contribution in [0.3, 0.4) is 0 Å². The van der Waals surface area contributed by atoms with E-state index in [1.54, 1.807) is 17.8 Å². The lowest BCUT2D eigenvalue weighted by Gasteiger charge is -2.32. The minimum atomic E-state index is -3.84. The summed E-state index contributed by atoms with van der Waals surface area (Å²) in [4.78, 5) is 12.9. The maximum Gasteiger partial charge on any atom is 0.322 e. The monoisotopic (exact) mass is 470 g/mol. The van der Waals surface area contributed by atoms with Crippen LogP contribution in [-0.2, 0) is 21.9 Å². The molecule has 1 fully saturated rings. The van der Waals surface area contributed by atoms with Gasteiger partial charge in [0.1, 0.15) is 15.9 Å². The van der Waals surface area contributed by atoms with E-state index >= 15 is 0 Å². The molecule has 30 heavy (non-hydrogen) atoms. The highest BCUT2D eigenvalue weighted by atomic mass is 35.5. The predicted octanol–water partition coefficient (Wildman–Crippen LogP) is 2.68. The number of nitrogens with one attached hydrogen (secondary N) is 1. The number of hydrogen-bond acceptors (Lipinski definition) is 8. The van der Waals surface area contributed by atoms with Gasteiger partial charge in [-0.1, -0.05) is 23.1 Å². The molecule has 1 aliphatic heterocycles. The van der Waals surface area contributed by atoms with E-state index in [0.717, 1.165) is 23.5 Å². The number of carbonyl (C=O) groups excluding carboxylic acids is 1. The average molecular weight is 471 g/mol. The Kier molecular flexibility index (Phi) is 5.66. The Balaban J connectivity index is 1.53. The van der Waals surface area contributed by atoms with Crippen LogP contribution in [0.15, 0.2) is 26.8 Å². The van der Waals surface area contributed by atoms with Gasteiger partial charge in [-0.15, -0.1) is 16.4 Å². The van der Waals surface area contributed by atoms with E-state index in [-0.39, 0.29) is 22.7 Å². The number of halogens is 1. The Morgan fingerprint density at radius 1 is 1.33 bits per heavy atom. The molecule has 4 rings (SSSR count). The molecule has 13 heteroatoms. The highest BCUT2D eigenvalue weighted by Gasteiger charge is 2.38. The molecule has 1 unspecified atom stereocenters. The van der Waals surface area contributed by atoms with Gasteiger partial charge in [-0.05, 0) is 38.0 Å². The normalized spacial score (nSPS) is 17.9. The van der Waals surface area contributed by atoms with E-state index < -0.39 is 22.0 Å². The second-order valence-electron chi connectivity index (χ2n) is 6.88. The fourth-order valence-electron chi connectivity index (χ4n) is 3.24. The molecule has 1 atom stereocenters. The number of nitrogens with zero attached hydrogens (tertiary/aromatic N) is 5. The van der Waals surface area contributed by atoms with E-state index in [9.17, 15) is 13.2 Å². The second kappa shape index (κ2) is 8.10. The fourth-order valence-corrected chi connectivity index (χ4v) is 6.51. The molecule has 4 heterocycles. The van der Waals surface area contributed by atoms with Gasteiger partial charge in [0.15, 0.2) is 0 Å². The van der Waals surface area contributed by atoms with Crippen molar-refractivity contribution in [2.45, 2.75) is 36.4 Å². The third-order valence-electron chi connectivity index (χ3n) is 4.86. The SMILES string of the molecule is Cc1cc(-c2nnc(NC(=O)C3CCCCN3S(=O)(=O)c3ccc(Cl)s3)o2)nn1C. The van der Waals surface area contributed by atoms with Crippen molar-refractivity contribution in [2.24, 2.45) is 7.05 Å². The molecule has 0 saturated carbocycles. The smallest absolute Gasteiger partial charge is 0.322 e. The van der Waals surface area contributed by atoms with Crippen LogP contribution in [0.4, 0.5) is 6.01 Å². The number of rotatable bonds is 5. The van der Waals surface area contributed by atoms with Crippen molar-refractivity contribution in [1.29, 1.82) is 0 Å². The van der Waals surface area contributed by atoms with Crippen molar-refractivity contribution >= 4 is 44.9 Å². The van der Waals surface area contributed by atoms with Crippen molar-refractivity contribution in [3.8, 4) is 11.6 Å². The number of aryl methyl sites for hydroxylation is 2. The summed E-state index contributed by atoms with van der Waals surface area (Å²) in [7, 11) is -2.05. The number of amides is 1. The first-order valence-corrected chi connectivity index (χ1v) is 11.8. The van der Waals surface area contributed by atoms with Gasteiger partial charge in [0.2, 0.25) is 5.91 Å². The highest BCUT2D eigenvalue weighted by molar-refractivity contribution is 7.91. The average Bonchev–Trinajstić information content (AvgIpc) is 3.43. The van der Waals surface area contributed by atoms with E-state index in [1.165, 1.54) is 16.4 Å². The first-order valence-electron chi connectivity index (χ1n) is 9.18. The molecule has 0 radical (unpaired) electrons. The van der Waals surface area contributed by atoms with Gasteiger partial charge < -0.3 is 4.42 Å². The molecule has 0 aliphatic carbocycles. The fraction of sp³-hybridized carbons (Fsp3) is 0.412. The molecule has 0 bridgehead atoms. The molecule has 3 aromatic heterocycles. The molecule has 1 amide bonds. The number of carbonyl (C=O) groups is 1. The molecule has 0 aromatic carbocycles. The summed E-state index contributed by atoms with van der Waals surface area (Å²) in [6.45, 7) is 2.13. The van der Waals surface area contributed by atoms with Gasteiger partial charge in [-0.3, -0.25) is 14.8 Å². The lowest BCUT2D eigenvalue weighted by atomic mass is 10.0. The minimum Gasteiger partial charge on any atom is -0.401 e. The number of anilines is 1. The van der Waals surface area contributed by atoms with Gasteiger partial charge in [-0.2, -0.15) is 9.40 Å². The minimum absolute atomic E-state index is 0.109. The van der Waals surface area contributed by atoms with Crippen molar-refractivity contribution in [1.82, 2.24) is 24.3 Å². The Morgan fingerprint density at radius 3 is 2.80 bits per heavy atom. The third kappa shape index (κ3) is 4.00. The van der Waals surface area contributed by atoms with Gasteiger partial charge in [0, 0.05) is 19.3 Å². The zero-order valence-corrected chi connectivity index (χ0v) is 18.6. The van der Waals surface area contributed by atoms with Crippen LogP contribution in [-0.4, -0.2) is 51.2 Å². The van der Waals surface area contributed by atoms with Crippen LogP contribution in [0.25, 0.3) is 11.6 Å². The van der Waals surface area contributed by atoms with Crippen molar-refractivity contribution < 1.29 is 17.6 Å². The van der Waals surface area contributed by atoms with E-state index in [4.69, 9.17) is 16.0 Å². The lowest BCUT2D eigenvalue weighted by molar-refractivity contribution is -0.120. The van der Waals surface area contributed by atoms with E-state index in [2.05, 4.69) is 20.6 Å². The van der Waals surface area contributed by atoms with Gasteiger partial charge in [0.25, 0.3) is 15.9 Å². The number of thiophene rings is 1. The van der Waals surface area contributed by atoms with Gasteiger partial charge in [0.05, 0.1) is 4.34 Å². The number of aromatic nitrogens is 4.